The molecule has 2 aromatic rings. The Bertz CT molecular complexity index is 874. The molecule has 1 N–H and O–H groups in total. The predicted octanol–water partition coefficient (Wildman–Crippen LogP) is 1.69. The van der Waals surface area contributed by atoms with Gasteiger partial charge in [-0.2, -0.15) is 18.3 Å². The van der Waals surface area contributed by atoms with Gasteiger partial charge in [0, 0.05) is 38.4 Å². The fourth-order valence-electron chi connectivity index (χ4n) is 2.88. The van der Waals surface area contributed by atoms with Crippen molar-refractivity contribution in [2.75, 3.05) is 45.2 Å². The number of anilines is 1. The molecule has 1 aromatic heterocycles. The van der Waals surface area contributed by atoms with E-state index in [0.717, 1.165) is 37.4 Å². The van der Waals surface area contributed by atoms with Gasteiger partial charge in [0.05, 0.1) is 5.56 Å². The molecular weight excluding hydrogens is 403 g/mol. The Kier molecular flexibility index (Phi) is 6.60. The van der Waals surface area contributed by atoms with Gasteiger partial charge >= 0.3 is 6.18 Å². The zero-order chi connectivity index (χ0) is 21.7. The summed E-state index contributed by atoms with van der Waals surface area (Å²) in [6, 6.07) is 5.61. The smallest absolute Gasteiger partial charge is 0.416 e. The van der Waals surface area contributed by atoms with Gasteiger partial charge in [0.1, 0.15) is 12.3 Å². The minimum absolute atomic E-state index is 0.0466. The molecule has 0 spiro atoms. The molecule has 2 heterocycles. The van der Waals surface area contributed by atoms with E-state index in [4.69, 9.17) is 4.74 Å². The van der Waals surface area contributed by atoms with Crippen LogP contribution in [0.1, 0.15) is 5.56 Å². The maximum Gasteiger partial charge on any atom is 0.416 e. The molecule has 1 fully saturated rings. The number of likely N-dealkylation sites (N-methyl/N-ethyl adjacent to an activating group) is 1. The summed E-state index contributed by atoms with van der Waals surface area (Å²) in [5, 5.41) is 6.66. The molecule has 11 heteroatoms. The van der Waals surface area contributed by atoms with Crippen molar-refractivity contribution in [3.63, 3.8) is 0 Å². The average Bonchev–Trinajstić information content (AvgIpc) is 3.13. The highest BCUT2D eigenvalue weighted by Crippen LogP contribution is 2.30. The Balaban J connectivity index is 1.45. The monoisotopic (exact) mass is 425 g/mol. The number of hydrogen-bond acceptors (Lipinski definition) is 5. The van der Waals surface area contributed by atoms with Crippen molar-refractivity contribution in [3.05, 3.63) is 42.1 Å². The molecule has 0 aliphatic carbocycles. The third-order valence-corrected chi connectivity index (χ3v) is 4.61. The number of rotatable bonds is 6. The van der Waals surface area contributed by atoms with Crippen LogP contribution in [0.4, 0.5) is 19.0 Å². The first kappa shape index (κ1) is 21.6. The molecular formula is C19H22F3N5O3. The quantitative estimate of drug-likeness (QED) is 0.762. The van der Waals surface area contributed by atoms with E-state index in [-0.39, 0.29) is 24.0 Å². The van der Waals surface area contributed by atoms with Crippen LogP contribution < -0.4 is 10.1 Å². The molecule has 3 rings (SSSR count). The van der Waals surface area contributed by atoms with Crippen molar-refractivity contribution >= 4 is 17.6 Å². The van der Waals surface area contributed by atoms with E-state index in [2.05, 4.69) is 15.3 Å². The Morgan fingerprint density at radius 3 is 2.40 bits per heavy atom. The van der Waals surface area contributed by atoms with Gasteiger partial charge in [0.2, 0.25) is 5.91 Å². The van der Waals surface area contributed by atoms with Crippen LogP contribution in [0, 0.1) is 0 Å². The first-order chi connectivity index (χ1) is 14.2. The summed E-state index contributed by atoms with van der Waals surface area (Å²) in [5.41, 5.74) is -0.795. The van der Waals surface area contributed by atoms with Crippen molar-refractivity contribution < 1.29 is 27.5 Å². The highest BCUT2D eigenvalue weighted by molar-refractivity contribution is 5.90. The van der Waals surface area contributed by atoms with Gasteiger partial charge in [0.15, 0.2) is 12.4 Å². The highest BCUT2D eigenvalue weighted by atomic mass is 19.4. The van der Waals surface area contributed by atoms with E-state index < -0.39 is 24.3 Å². The summed E-state index contributed by atoms with van der Waals surface area (Å²) in [5.74, 6) is -0.177. The summed E-state index contributed by atoms with van der Waals surface area (Å²) in [6.07, 6.45) is -2.85. The number of piperazine rings is 1. The lowest BCUT2D eigenvalue weighted by Crippen LogP contribution is -2.48. The fourth-order valence-corrected chi connectivity index (χ4v) is 2.88. The molecule has 0 bridgehead atoms. The molecule has 0 saturated carbocycles. The minimum Gasteiger partial charge on any atom is -0.484 e. The lowest BCUT2D eigenvalue weighted by molar-refractivity contribution is -0.137. The van der Waals surface area contributed by atoms with Gasteiger partial charge in [0.25, 0.3) is 5.91 Å². The molecule has 162 valence electrons. The molecule has 1 aliphatic heterocycles. The zero-order valence-electron chi connectivity index (χ0n) is 16.4. The average molecular weight is 425 g/mol. The number of nitrogens with one attached hydrogen (secondary N) is 1. The number of ether oxygens (including phenoxy) is 1. The molecule has 0 unspecified atom stereocenters. The maximum atomic E-state index is 12.5. The van der Waals surface area contributed by atoms with Crippen molar-refractivity contribution in [3.8, 4) is 5.75 Å². The molecule has 8 nitrogen and oxygen atoms in total. The number of carbonyl (C=O) groups excluding carboxylic acids is 2. The molecule has 0 atom stereocenters. The standard InChI is InChI=1S/C19H22F3N5O3/c1-25-8-10-26(11-9-25)18(29)12-27-7-6-16(24-27)23-17(28)13-30-15-4-2-14(3-5-15)19(20,21)22/h2-7H,8-13H2,1H3,(H,23,24,28). The molecule has 1 saturated heterocycles. The van der Waals surface area contributed by atoms with Gasteiger partial charge in [-0.15, -0.1) is 0 Å². The third-order valence-electron chi connectivity index (χ3n) is 4.61. The van der Waals surface area contributed by atoms with Crippen molar-refractivity contribution in [2.24, 2.45) is 0 Å². The second-order valence-corrected chi connectivity index (χ2v) is 6.94. The van der Waals surface area contributed by atoms with E-state index in [1.165, 1.54) is 4.68 Å². The lowest BCUT2D eigenvalue weighted by Gasteiger charge is -2.32. The molecule has 30 heavy (non-hydrogen) atoms. The Morgan fingerprint density at radius 1 is 1.10 bits per heavy atom. The van der Waals surface area contributed by atoms with E-state index >= 15 is 0 Å². The lowest BCUT2D eigenvalue weighted by atomic mass is 10.2. The summed E-state index contributed by atoms with van der Waals surface area (Å²) in [4.78, 5) is 28.2. The summed E-state index contributed by atoms with van der Waals surface area (Å²) >= 11 is 0. The van der Waals surface area contributed by atoms with Crippen molar-refractivity contribution in [1.82, 2.24) is 19.6 Å². The highest BCUT2D eigenvalue weighted by Gasteiger charge is 2.30. The van der Waals surface area contributed by atoms with Gasteiger partial charge in [-0.1, -0.05) is 0 Å². The van der Waals surface area contributed by atoms with Crippen molar-refractivity contribution in [1.29, 1.82) is 0 Å². The van der Waals surface area contributed by atoms with Crippen LogP contribution in [-0.4, -0.2) is 71.2 Å². The van der Waals surface area contributed by atoms with Gasteiger partial charge in [-0.25, -0.2) is 0 Å². The largest absolute Gasteiger partial charge is 0.484 e. The first-order valence-electron chi connectivity index (χ1n) is 9.30. The van der Waals surface area contributed by atoms with Crippen LogP contribution in [0.25, 0.3) is 0 Å². The second kappa shape index (κ2) is 9.16. The number of carbonyl (C=O) groups is 2. The number of benzene rings is 1. The van der Waals surface area contributed by atoms with E-state index in [1.807, 2.05) is 7.05 Å². The van der Waals surface area contributed by atoms with Gasteiger partial charge < -0.3 is 19.9 Å². The van der Waals surface area contributed by atoms with Crippen LogP contribution in [-0.2, 0) is 22.3 Å². The Hall–Kier alpha value is -3.08. The summed E-state index contributed by atoms with van der Waals surface area (Å²) in [7, 11) is 2.01. The first-order valence-corrected chi connectivity index (χ1v) is 9.30. The van der Waals surface area contributed by atoms with Crippen LogP contribution in [0.2, 0.25) is 0 Å². The molecule has 0 radical (unpaired) electrons. The number of amides is 2. The van der Waals surface area contributed by atoms with Crippen LogP contribution in [0.15, 0.2) is 36.5 Å². The fraction of sp³-hybridized carbons (Fsp3) is 0.421. The molecule has 1 aliphatic rings. The predicted molar refractivity (Wildman–Crippen MR) is 102 cm³/mol. The zero-order valence-corrected chi connectivity index (χ0v) is 16.4. The normalized spacial score (nSPS) is 15.1. The number of hydrogen-bond donors (Lipinski definition) is 1. The van der Waals surface area contributed by atoms with Crippen LogP contribution in [0.5, 0.6) is 5.75 Å². The Labute approximate surface area is 171 Å². The van der Waals surface area contributed by atoms with Gasteiger partial charge in [-0.05, 0) is 31.3 Å². The number of aromatic nitrogens is 2. The second-order valence-electron chi connectivity index (χ2n) is 6.94. The Morgan fingerprint density at radius 2 is 1.77 bits per heavy atom. The van der Waals surface area contributed by atoms with E-state index in [9.17, 15) is 22.8 Å². The van der Waals surface area contributed by atoms with Gasteiger partial charge in [-0.3, -0.25) is 14.3 Å². The van der Waals surface area contributed by atoms with E-state index in [0.29, 0.717) is 13.1 Å². The number of halogens is 3. The SMILES string of the molecule is CN1CCN(C(=O)Cn2ccc(NC(=O)COc3ccc(C(F)(F)F)cc3)n2)CC1. The summed E-state index contributed by atoms with van der Waals surface area (Å²) in [6.45, 7) is 2.67. The number of nitrogens with zero attached hydrogens (tertiary/aromatic N) is 4. The molecule has 1 aromatic carbocycles. The number of alkyl halides is 3. The topological polar surface area (TPSA) is 79.7 Å². The third kappa shape index (κ3) is 5.96. The maximum absolute atomic E-state index is 12.5. The van der Waals surface area contributed by atoms with Crippen LogP contribution >= 0.6 is 0 Å². The minimum atomic E-state index is -4.43. The molecule has 2 amide bonds. The van der Waals surface area contributed by atoms with E-state index in [1.54, 1.807) is 17.2 Å². The summed E-state index contributed by atoms with van der Waals surface area (Å²) < 4.78 is 44.2. The van der Waals surface area contributed by atoms with Crippen molar-refractivity contribution in [2.45, 2.75) is 12.7 Å². The van der Waals surface area contributed by atoms with Crippen LogP contribution in [0.3, 0.4) is 0 Å².